The Hall–Kier alpha value is -3.04. The molecule has 172 valence electrons. The Labute approximate surface area is 200 Å². The minimum absolute atomic E-state index is 0.0120. The number of ketones is 1. The van der Waals surface area contributed by atoms with Crippen LogP contribution in [0.15, 0.2) is 52.3 Å². The summed E-state index contributed by atoms with van der Waals surface area (Å²) in [5.41, 5.74) is 1.92. The third-order valence-corrected chi connectivity index (χ3v) is 6.63. The van der Waals surface area contributed by atoms with Gasteiger partial charge >= 0.3 is 0 Å². The Kier molecular flexibility index (Phi) is 8.35. The fourth-order valence-corrected chi connectivity index (χ4v) is 4.50. The molecule has 1 N–H and O–H groups in total. The number of amides is 3. The Bertz CT molecular complexity index is 1110. The number of methoxy groups -OCH3 is 1. The van der Waals surface area contributed by atoms with Gasteiger partial charge in [-0.15, -0.1) is 11.8 Å². The van der Waals surface area contributed by atoms with Crippen LogP contribution in [-0.4, -0.2) is 54.2 Å². The zero-order valence-electron chi connectivity index (χ0n) is 18.5. The zero-order chi connectivity index (χ0) is 24.0. The van der Waals surface area contributed by atoms with E-state index in [2.05, 4.69) is 5.32 Å². The first-order valence-corrected chi connectivity index (χ1v) is 12.2. The fraction of sp³-hybridized carbons (Fsp3) is 0.250. The number of carbonyl (C=O) groups excluding carboxylic acids is 4. The monoisotopic (exact) mass is 484 g/mol. The van der Waals surface area contributed by atoms with Crippen LogP contribution in [0.3, 0.4) is 0 Å². The summed E-state index contributed by atoms with van der Waals surface area (Å²) in [5, 5.41) is 2.36. The number of hydrogen-bond acceptors (Lipinski definition) is 7. The highest BCUT2D eigenvalue weighted by atomic mass is 32.2. The molecule has 1 heterocycles. The molecule has 7 nitrogen and oxygen atoms in total. The molecule has 0 aromatic heterocycles. The highest BCUT2D eigenvalue weighted by Gasteiger charge is 2.34. The predicted molar refractivity (Wildman–Crippen MR) is 131 cm³/mol. The van der Waals surface area contributed by atoms with Crippen molar-refractivity contribution in [2.45, 2.75) is 18.2 Å². The summed E-state index contributed by atoms with van der Waals surface area (Å²) in [5.74, 6) is -0.266. The fourth-order valence-electron chi connectivity index (χ4n) is 3.22. The number of rotatable bonds is 9. The molecule has 0 unspecified atom stereocenters. The van der Waals surface area contributed by atoms with Crippen LogP contribution in [0.4, 0.5) is 4.79 Å². The van der Waals surface area contributed by atoms with Crippen LogP contribution >= 0.6 is 23.5 Å². The molecule has 0 aliphatic carbocycles. The Morgan fingerprint density at radius 1 is 1.15 bits per heavy atom. The lowest BCUT2D eigenvalue weighted by molar-refractivity contribution is -0.124. The van der Waals surface area contributed by atoms with Crippen LogP contribution < -0.4 is 10.1 Å². The number of imide groups is 1. The molecule has 1 aliphatic heterocycles. The third kappa shape index (κ3) is 6.27. The second-order valence-electron chi connectivity index (χ2n) is 7.22. The zero-order valence-corrected chi connectivity index (χ0v) is 20.2. The van der Waals surface area contributed by atoms with Gasteiger partial charge in [-0.05, 0) is 66.9 Å². The average molecular weight is 485 g/mol. The second-order valence-corrected chi connectivity index (χ2v) is 9.09. The minimum atomic E-state index is -0.371. The van der Waals surface area contributed by atoms with Crippen molar-refractivity contribution in [2.24, 2.45) is 0 Å². The molecule has 3 rings (SSSR count). The van der Waals surface area contributed by atoms with Crippen LogP contribution in [0.2, 0.25) is 0 Å². The van der Waals surface area contributed by atoms with Crippen molar-refractivity contribution in [1.82, 2.24) is 10.2 Å². The smallest absolute Gasteiger partial charge is 0.293 e. The van der Waals surface area contributed by atoms with Crippen molar-refractivity contribution < 1.29 is 23.9 Å². The van der Waals surface area contributed by atoms with Crippen molar-refractivity contribution in [2.75, 3.05) is 26.5 Å². The Morgan fingerprint density at radius 3 is 2.52 bits per heavy atom. The van der Waals surface area contributed by atoms with Crippen molar-refractivity contribution in [3.63, 3.8) is 0 Å². The van der Waals surface area contributed by atoms with Gasteiger partial charge in [0.15, 0.2) is 5.78 Å². The van der Waals surface area contributed by atoms with Crippen molar-refractivity contribution in [3.8, 4) is 5.75 Å². The van der Waals surface area contributed by atoms with E-state index in [1.165, 1.54) is 14.0 Å². The molecular formula is C24H24N2O5S2. The largest absolute Gasteiger partial charge is 0.496 e. The molecular weight excluding hydrogens is 460 g/mol. The van der Waals surface area contributed by atoms with Gasteiger partial charge in [0.25, 0.3) is 11.1 Å². The van der Waals surface area contributed by atoms with Gasteiger partial charge in [-0.2, -0.15) is 0 Å². The number of nitrogens with zero attached hydrogens (tertiary/aromatic N) is 1. The van der Waals surface area contributed by atoms with E-state index in [0.717, 1.165) is 27.1 Å². The topological polar surface area (TPSA) is 92.8 Å². The van der Waals surface area contributed by atoms with E-state index in [4.69, 9.17) is 4.74 Å². The molecule has 2 aromatic carbocycles. The van der Waals surface area contributed by atoms with E-state index in [1.807, 2.05) is 30.5 Å². The van der Waals surface area contributed by atoms with Crippen molar-refractivity contribution in [3.05, 3.63) is 64.1 Å². The van der Waals surface area contributed by atoms with Gasteiger partial charge in [0.1, 0.15) is 5.75 Å². The van der Waals surface area contributed by atoms with E-state index in [-0.39, 0.29) is 42.3 Å². The highest BCUT2D eigenvalue weighted by molar-refractivity contribution is 8.18. The maximum atomic E-state index is 12.6. The molecule has 0 saturated carbocycles. The first-order valence-electron chi connectivity index (χ1n) is 10.2. The molecule has 1 saturated heterocycles. The van der Waals surface area contributed by atoms with Crippen molar-refractivity contribution in [1.29, 1.82) is 0 Å². The lowest BCUT2D eigenvalue weighted by atomic mass is 10.0. The molecule has 0 spiro atoms. The first-order chi connectivity index (χ1) is 15.8. The molecule has 0 radical (unpaired) electrons. The summed E-state index contributed by atoms with van der Waals surface area (Å²) in [6.45, 7) is 1.65. The van der Waals surface area contributed by atoms with Crippen LogP contribution in [0, 0.1) is 0 Å². The molecule has 1 fully saturated rings. The van der Waals surface area contributed by atoms with E-state index < -0.39 is 0 Å². The van der Waals surface area contributed by atoms with Gasteiger partial charge in [-0.3, -0.25) is 24.1 Å². The minimum Gasteiger partial charge on any atom is -0.496 e. The summed E-state index contributed by atoms with van der Waals surface area (Å²) < 4.78 is 5.27. The number of hydrogen-bond donors (Lipinski definition) is 1. The highest BCUT2D eigenvalue weighted by Crippen LogP contribution is 2.32. The number of nitrogens with one attached hydrogen (secondary N) is 1. The Morgan fingerprint density at radius 2 is 1.88 bits per heavy atom. The predicted octanol–water partition coefficient (Wildman–Crippen LogP) is 4.01. The lowest BCUT2D eigenvalue weighted by Gasteiger charge is -2.14. The van der Waals surface area contributed by atoms with Crippen LogP contribution in [0.25, 0.3) is 6.08 Å². The number of ether oxygens (including phenoxy) is 1. The number of carbonyl (C=O) groups is 4. The molecule has 0 atom stereocenters. The average Bonchev–Trinajstić information content (AvgIpc) is 3.06. The molecule has 2 aromatic rings. The lowest BCUT2D eigenvalue weighted by Crippen LogP contribution is -2.37. The summed E-state index contributed by atoms with van der Waals surface area (Å²) in [4.78, 5) is 51.6. The third-order valence-electron chi connectivity index (χ3n) is 4.98. The van der Waals surface area contributed by atoms with Gasteiger partial charge in [0.05, 0.1) is 18.4 Å². The Balaban J connectivity index is 1.57. The maximum absolute atomic E-state index is 12.6. The quantitative estimate of drug-likeness (QED) is 0.326. The standard InChI is InChI=1S/C24H24N2O5S2/c1-15(27)17-6-9-20(31-2)18(13-17)14-22(28)25-10-11-26-23(29)21(33-24(26)30)12-16-4-7-19(32-3)8-5-16/h4-9,12-13H,10-11,14H2,1-3H3,(H,25,28)/b21-12+. The summed E-state index contributed by atoms with van der Waals surface area (Å²) >= 11 is 2.51. The van der Waals surface area contributed by atoms with Gasteiger partial charge in [0, 0.05) is 29.1 Å². The number of benzene rings is 2. The SMILES string of the molecule is COc1ccc(C(C)=O)cc1CC(=O)NCCN1C(=O)S/C(=C/c2ccc(SC)cc2)C1=O. The molecule has 33 heavy (non-hydrogen) atoms. The van der Waals surface area contributed by atoms with Crippen LogP contribution in [-0.2, 0) is 16.0 Å². The number of Topliss-reactive ketones (excluding diaryl/α,β-unsaturated/α-hetero) is 1. The molecule has 1 aliphatic rings. The first kappa shape index (κ1) is 24.6. The van der Waals surface area contributed by atoms with Gasteiger partial charge < -0.3 is 10.1 Å². The van der Waals surface area contributed by atoms with Gasteiger partial charge in [-0.25, -0.2) is 0 Å². The van der Waals surface area contributed by atoms with Crippen molar-refractivity contribution >= 4 is 52.4 Å². The van der Waals surface area contributed by atoms with E-state index >= 15 is 0 Å². The summed E-state index contributed by atoms with van der Waals surface area (Å²) in [7, 11) is 1.49. The molecule has 0 bridgehead atoms. The van der Waals surface area contributed by atoms with Gasteiger partial charge in [0.2, 0.25) is 5.91 Å². The maximum Gasteiger partial charge on any atom is 0.293 e. The van der Waals surface area contributed by atoms with Crippen LogP contribution in [0.1, 0.15) is 28.4 Å². The van der Waals surface area contributed by atoms with E-state index in [0.29, 0.717) is 21.8 Å². The van der Waals surface area contributed by atoms with E-state index in [1.54, 1.807) is 36.0 Å². The summed E-state index contributed by atoms with van der Waals surface area (Å²) in [6.07, 6.45) is 3.69. The van der Waals surface area contributed by atoms with Gasteiger partial charge in [-0.1, -0.05) is 12.1 Å². The number of thioether (sulfide) groups is 2. The second kappa shape index (κ2) is 11.2. The normalized spacial score (nSPS) is 14.6. The molecule has 3 amide bonds. The molecule has 9 heteroatoms. The van der Waals surface area contributed by atoms with E-state index in [9.17, 15) is 19.2 Å². The summed E-state index contributed by atoms with van der Waals surface area (Å²) in [6, 6.07) is 12.6. The van der Waals surface area contributed by atoms with Crippen LogP contribution in [0.5, 0.6) is 5.75 Å².